The molecule has 0 aliphatic carbocycles. The number of hydrogen-bond acceptors (Lipinski definition) is 3. The lowest BCUT2D eigenvalue weighted by Crippen LogP contribution is -2.26. The van der Waals surface area contributed by atoms with Crippen molar-refractivity contribution in [3.8, 4) is 0 Å². The molecule has 2 rings (SSSR count). The van der Waals surface area contributed by atoms with E-state index in [1.807, 2.05) is 6.07 Å². The van der Waals surface area contributed by atoms with Gasteiger partial charge in [0.15, 0.2) is 0 Å². The Bertz CT molecular complexity index is 712. The predicted octanol–water partition coefficient (Wildman–Crippen LogP) is 4.12. The molecule has 0 spiro atoms. The van der Waals surface area contributed by atoms with Crippen LogP contribution in [0, 0.1) is 0 Å². The fraction of sp³-hybridized carbons (Fsp3) is 0.429. The smallest absolute Gasteiger partial charge is 0.264 e. The minimum atomic E-state index is -1.14. The van der Waals surface area contributed by atoms with Crippen LogP contribution in [0.5, 0.6) is 0 Å². The highest BCUT2D eigenvalue weighted by Crippen LogP contribution is 2.17. The van der Waals surface area contributed by atoms with Gasteiger partial charge in [0.25, 0.3) is 5.56 Å². The molecule has 0 amide bonds. The van der Waals surface area contributed by atoms with Crippen molar-refractivity contribution >= 4 is 46.5 Å². The van der Waals surface area contributed by atoms with Crippen LogP contribution in [0.25, 0.3) is 10.9 Å². The highest BCUT2D eigenvalue weighted by molar-refractivity contribution is 9.10. The summed E-state index contributed by atoms with van der Waals surface area (Å²) in [6.45, 7) is 7.62. The molecule has 2 aromatic rings. The number of aromatic nitrogens is 2. The van der Waals surface area contributed by atoms with Crippen LogP contribution in [0.3, 0.4) is 0 Å². The summed E-state index contributed by atoms with van der Waals surface area (Å²) in [6.07, 6.45) is 0. The van der Waals surface area contributed by atoms with Gasteiger partial charge in [0.2, 0.25) is 5.28 Å². The summed E-state index contributed by atoms with van der Waals surface area (Å²) in [6, 6.07) is 6.38. The van der Waals surface area contributed by atoms with Crippen molar-refractivity contribution in [2.24, 2.45) is 0 Å². The lowest BCUT2D eigenvalue weighted by molar-refractivity contribution is 0.0846. The molecule has 0 bridgehead atoms. The van der Waals surface area contributed by atoms with Crippen LogP contribution in [-0.2, 0) is 11.5 Å². The van der Waals surface area contributed by atoms with Gasteiger partial charge in [0.1, 0.15) is 6.73 Å². The zero-order valence-electron chi connectivity index (χ0n) is 12.3. The maximum absolute atomic E-state index is 12.4. The normalized spacial score (nSPS) is 12.0. The molecule has 7 heteroatoms. The van der Waals surface area contributed by atoms with Crippen molar-refractivity contribution in [2.45, 2.75) is 32.4 Å². The molecule has 0 radical (unpaired) electrons. The molecule has 114 valence electrons. The Labute approximate surface area is 138 Å². The Morgan fingerprint density at radius 2 is 2.10 bits per heavy atom. The Kier molecular flexibility index (Phi) is 5.24. The van der Waals surface area contributed by atoms with Crippen LogP contribution < -0.4 is 5.56 Å². The van der Waals surface area contributed by atoms with Gasteiger partial charge in [0, 0.05) is 19.2 Å². The minimum absolute atomic E-state index is 0.140. The molecule has 1 aromatic heterocycles. The van der Waals surface area contributed by atoms with E-state index in [1.54, 1.807) is 12.1 Å². The van der Waals surface area contributed by atoms with Crippen molar-refractivity contribution in [1.29, 1.82) is 0 Å². The first-order valence-corrected chi connectivity index (χ1v) is 11.6. The van der Waals surface area contributed by atoms with Crippen molar-refractivity contribution in [3.63, 3.8) is 0 Å². The van der Waals surface area contributed by atoms with Crippen LogP contribution in [0.4, 0.5) is 0 Å². The summed E-state index contributed by atoms with van der Waals surface area (Å²) in [5.41, 5.74) is 0.406. The molecule has 0 N–H and O–H groups in total. The van der Waals surface area contributed by atoms with E-state index in [0.29, 0.717) is 17.5 Å². The standard InChI is InChI=1S/C14H18BrClN2O2Si/c1-21(2,3)7-6-20-9-18-13(19)11-5-4-10(15)8-12(11)17-14(18)16/h4-5,8H,6-7,9H2,1-3H3. The van der Waals surface area contributed by atoms with Crippen LogP contribution in [0.15, 0.2) is 27.5 Å². The largest absolute Gasteiger partial charge is 0.361 e. The summed E-state index contributed by atoms with van der Waals surface area (Å²) in [5.74, 6) is 0. The van der Waals surface area contributed by atoms with Gasteiger partial charge in [-0.1, -0.05) is 35.6 Å². The molecular formula is C14H18BrClN2O2Si. The maximum atomic E-state index is 12.4. The number of halogens is 2. The average Bonchev–Trinajstić information content (AvgIpc) is 2.35. The Hall–Kier alpha value is -0.693. The number of ether oxygens (including phenoxy) is 1. The number of rotatable bonds is 5. The maximum Gasteiger partial charge on any atom is 0.264 e. The number of nitrogens with zero attached hydrogens (tertiary/aromatic N) is 2. The van der Waals surface area contributed by atoms with Crippen molar-refractivity contribution < 1.29 is 4.74 Å². The predicted molar refractivity (Wildman–Crippen MR) is 92.8 cm³/mol. The molecule has 0 saturated heterocycles. The zero-order chi connectivity index (χ0) is 15.6. The van der Waals surface area contributed by atoms with E-state index < -0.39 is 8.07 Å². The summed E-state index contributed by atoms with van der Waals surface area (Å²) in [4.78, 5) is 16.7. The van der Waals surface area contributed by atoms with Gasteiger partial charge in [-0.2, -0.15) is 0 Å². The first-order chi connectivity index (χ1) is 9.78. The molecule has 0 saturated carbocycles. The molecule has 0 aliphatic heterocycles. The van der Waals surface area contributed by atoms with Crippen molar-refractivity contribution in [1.82, 2.24) is 9.55 Å². The highest BCUT2D eigenvalue weighted by atomic mass is 79.9. The number of benzene rings is 1. The molecule has 21 heavy (non-hydrogen) atoms. The van der Waals surface area contributed by atoms with Gasteiger partial charge in [-0.15, -0.1) is 0 Å². The molecule has 1 heterocycles. The Morgan fingerprint density at radius 3 is 2.76 bits per heavy atom. The number of fused-ring (bicyclic) bond motifs is 1. The third kappa shape index (κ3) is 4.39. The highest BCUT2D eigenvalue weighted by Gasteiger charge is 2.13. The Morgan fingerprint density at radius 1 is 1.38 bits per heavy atom. The van der Waals surface area contributed by atoms with Gasteiger partial charge >= 0.3 is 0 Å². The average molecular weight is 390 g/mol. The summed E-state index contributed by atoms with van der Waals surface area (Å²) in [5, 5.41) is 0.690. The molecule has 0 aliphatic rings. The van der Waals surface area contributed by atoms with Crippen LogP contribution in [-0.4, -0.2) is 24.2 Å². The fourth-order valence-electron chi connectivity index (χ4n) is 1.81. The topological polar surface area (TPSA) is 44.1 Å². The minimum Gasteiger partial charge on any atom is -0.361 e. The quantitative estimate of drug-likeness (QED) is 0.439. The van der Waals surface area contributed by atoms with E-state index >= 15 is 0 Å². The first kappa shape index (κ1) is 16.7. The second kappa shape index (κ2) is 6.60. The van der Waals surface area contributed by atoms with E-state index in [0.717, 1.165) is 10.5 Å². The van der Waals surface area contributed by atoms with Gasteiger partial charge < -0.3 is 4.74 Å². The number of hydrogen-bond donors (Lipinski definition) is 0. The van der Waals surface area contributed by atoms with E-state index in [-0.39, 0.29) is 17.6 Å². The summed E-state index contributed by atoms with van der Waals surface area (Å²) in [7, 11) is -1.14. The van der Waals surface area contributed by atoms with Crippen LogP contribution in [0.1, 0.15) is 0 Å². The van der Waals surface area contributed by atoms with Crippen molar-refractivity contribution in [2.75, 3.05) is 6.61 Å². The first-order valence-electron chi connectivity index (χ1n) is 6.71. The van der Waals surface area contributed by atoms with Gasteiger partial charge in [-0.25, -0.2) is 4.98 Å². The summed E-state index contributed by atoms with van der Waals surface area (Å²) >= 11 is 9.45. The summed E-state index contributed by atoms with van der Waals surface area (Å²) < 4.78 is 7.82. The van der Waals surface area contributed by atoms with Crippen LogP contribution in [0.2, 0.25) is 31.0 Å². The van der Waals surface area contributed by atoms with E-state index in [1.165, 1.54) is 4.57 Å². The molecule has 0 atom stereocenters. The zero-order valence-corrected chi connectivity index (χ0v) is 15.7. The third-order valence-electron chi connectivity index (χ3n) is 3.09. The lowest BCUT2D eigenvalue weighted by Gasteiger charge is -2.16. The second-order valence-electron chi connectivity index (χ2n) is 6.12. The monoisotopic (exact) mass is 388 g/mol. The Balaban J connectivity index is 2.21. The molecular weight excluding hydrogens is 372 g/mol. The SMILES string of the molecule is C[Si](C)(C)CCOCn1c(Cl)nc2cc(Br)ccc2c1=O. The van der Waals surface area contributed by atoms with Gasteiger partial charge in [-0.3, -0.25) is 9.36 Å². The molecule has 1 aromatic carbocycles. The molecule has 4 nitrogen and oxygen atoms in total. The van der Waals surface area contributed by atoms with E-state index in [4.69, 9.17) is 16.3 Å². The molecule has 0 unspecified atom stereocenters. The second-order valence-corrected chi connectivity index (χ2v) is 13.0. The van der Waals surface area contributed by atoms with Crippen LogP contribution >= 0.6 is 27.5 Å². The van der Waals surface area contributed by atoms with Gasteiger partial charge in [-0.05, 0) is 35.8 Å². The van der Waals surface area contributed by atoms with E-state index in [9.17, 15) is 4.79 Å². The van der Waals surface area contributed by atoms with Crippen molar-refractivity contribution in [3.05, 3.63) is 38.3 Å². The fourth-order valence-corrected chi connectivity index (χ4v) is 3.14. The lowest BCUT2D eigenvalue weighted by atomic mass is 10.2. The van der Waals surface area contributed by atoms with Gasteiger partial charge in [0.05, 0.1) is 10.9 Å². The van der Waals surface area contributed by atoms with E-state index in [2.05, 4.69) is 40.6 Å². The third-order valence-corrected chi connectivity index (χ3v) is 5.57. The molecule has 0 fully saturated rings.